The van der Waals surface area contributed by atoms with Crippen LogP contribution < -0.4 is 14.8 Å². The van der Waals surface area contributed by atoms with E-state index in [0.29, 0.717) is 23.7 Å². The molecule has 2 N–H and O–H groups in total. The fourth-order valence-electron chi connectivity index (χ4n) is 1.39. The molecule has 0 aliphatic rings. The van der Waals surface area contributed by atoms with Crippen LogP contribution in [-0.2, 0) is 0 Å². The van der Waals surface area contributed by atoms with Gasteiger partial charge in [-0.2, -0.15) is 0 Å². The topological polar surface area (TPSA) is 67.8 Å². The fraction of sp³-hybridized carbons (Fsp3) is 0.533. The summed E-state index contributed by atoms with van der Waals surface area (Å²) in [5, 5.41) is 12.0. The third-order valence-corrected chi connectivity index (χ3v) is 2.12. The Balaban J connectivity index is 0. The smallest absolute Gasteiger partial charge is 0.337 e. The lowest BCUT2D eigenvalue weighted by Crippen LogP contribution is -2.07. The van der Waals surface area contributed by atoms with E-state index in [1.807, 2.05) is 34.6 Å². The molecule has 0 aliphatic heterocycles. The number of rotatable bonds is 5. The second kappa shape index (κ2) is 12.1. The first-order valence-electron chi connectivity index (χ1n) is 6.87. The highest BCUT2D eigenvalue weighted by molar-refractivity contribution is 5.95. The first-order valence-corrected chi connectivity index (χ1v) is 6.87. The molecule has 20 heavy (non-hydrogen) atoms. The van der Waals surface area contributed by atoms with Crippen molar-refractivity contribution in [2.24, 2.45) is 0 Å². The summed E-state index contributed by atoms with van der Waals surface area (Å²) in [7, 11) is 2.98. The number of hydrogen-bond donors (Lipinski definition) is 2. The standard InChI is InChI=1S/C11H15NO4.2C2H6/c1-4-12-8-6-10(16-3)9(15-2)5-7(8)11(13)14;2*1-2/h5-6,12H,4H2,1-3H3,(H,13,14);2*1-2H3. The normalized spacial score (nSPS) is 8.35. The van der Waals surface area contributed by atoms with Crippen LogP contribution in [0.5, 0.6) is 11.5 Å². The summed E-state index contributed by atoms with van der Waals surface area (Å²) in [5.74, 6) is -0.0955. The van der Waals surface area contributed by atoms with Crippen LogP contribution in [0.3, 0.4) is 0 Å². The minimum absolute atomic E-state index is 0.166. The van der Waals surface area contributed by atoms with Crippen LogP contribution in [0.25, 0.3) is 0 Å². The number of nitrogens with one attached hydrogen (secondary N) is 1. The van der Waals surface area contributed by atoms with Crippen molar-refractivity contribution < 1.29 is 19.4 Å². The number of aromatic carboxylic acids is 1. The Morgan fingerprint density at radius 2 is 1.55 bits per heavy atom. The molecule has 116 valence electrons. The van der Waals surface area contributed by atoms with Crippen molar-refractivity contribution in [2.45, 2.75) is 34.6 Å². The van der Waals surface area contributed by atoms with E-state index in [1.165, 1.54) is 20.3 Å². The molecular formula is C15H27NO4. The summed E-state index contributed by atoms with van der Waals surface area (Å²) in [4.78, 5) is 11.0. The van der Waals surface area contributed by atoms with Gasteiger partial charge >= 0.3 is 5.97 Å². The van der Waals surface area contributed by atoms with E-state index in [4.69, 9.17) is 14.6 Å². The second-order valence-electron chi connectivity index (χ2n) is 3.09. The Bertz CT molecular complexity index is 392. The van der Waals surface area contributed by atoms with Crippen LogP contribution >= 0.6 is 0 Å². The highest BCUT2D eigenvalue weighted by Crippen LogP contribution is 2.33. The van der Waals surface area contributed by atoms with Crippen LogP contribution in [0.15, 0.2) is 12.1 Å². The Morgan fingerprint density at radius 1 is 1.10 bits per heavy atom. The number of methoxy groups -OCH3 is 2. The van der Waals surface area contributed by atoms with Gasteiger partial charge in [0, 0.05) is 18.7 Å². The van der Waals surface area contributed by atoms with Gasteiger partial charge in [0.1, 0.15) is 0 Å². The molecule has 0 amide bonds. The van der Waals surface area contributed by atoms with Gasteiger partial charge in [0.15, 0.2) is 11.5 Å². The number of carbonyl (C=O) groups is 1. The average Bonchev–Trinajstić information content (AvgIpc) is 2.50. The zero-order chi connectivity index (χ0) is 16.1. The quantitative estimate of drug-likeness (QED) is 0.859. The first-order chi connectivity index (χ1) is 9.63. The highest BCUT2D eigenvalue weighted by Gasteiger charge is 2.15. The van der Waals surface area contributed by atoms with Gasteiger partial charge < -0.3 is 19.9 Å². The zero-order valence-corrected chi connectivity index (χ0v) is 13.5. The number of carboxylic acids is 1. The molecule has 0 unspecified atom stereocenters. The van der Waals surface area contributed by atoms with Gasteiger partial charge in [-0.05, 0) is 6.92 Å². The van der Waals surface area contributed by atoms with Gasteiger partial charge in [0.05, 0.1) is 25.5 Å². The molecule has 1 aromatic carbocycles. The summed E-state index contributed by atoms with van der Waals surface area (Å²) in [6.07, 6.45) is 0. The lowest BCUT2D eigenvalue weighted by molar-refractivity contribution is 0.0697. The highest BCUT2D eigenvalue weighted by atomic mass is 16.5. The number of ether oxygens (including phenoxy) is 2. The Morgan fingerprint density at radius 3 is 1.90 bits per heavy atom. The third kappa shape index (κ3) is 5.82. The Labute approximate surface area is 121 Å². The lowest BCUT2D eigenvalue weighted by Gasteiger charge is -2.13. The molecule has 5 heteroatoms. The number of anilines is 1. The van der Waals surface area contributed by atoms with Crippen LogP contribution in [0.1, 0.15) is 45.0 Å². The summed E-state index contributed by atoms with van der Waals surface area (Å²) in [5.41, 5.74) is 0.687. The fourth-order valence-corrected chi connectivity index (χ4v) is 1.39. The van der Waals surface area contributed by atoms with E-state index >= 15 is 0 Å². The number of benzene rings is 1. The van der Waals surface area contributed by atoms with E-state index in [2.05, 4.69) is 5.32 Å². The minimum Gasteiger partial charge on any atom is -0.493 e. The molecule has 1 rings (SSSR count). The van der Waals surface area contributed by atoms with Crippen LogP contribution in [0.2, 0.25) is 0 Å². The maximum absolute atomic E-state index is 11.0. The Hall–Kier alpha value is -1.91. The molecular weight excluding hydrogens is 258 g/mol. The minimum atomic E-state index is -1.00. The molecule has 1 aromatic rings. The molecule has 0 saturated heterocycles. The maximum atomic E-state index is 11.0. The predicted octanol–water partition coefficient (Wildman–Crippen LogP) is 3.89. The van der Waals surface area contributed by atoms with E-state index in [-0.39, 0.29) is 5.56 Å². The SMILES string of the molecule is CC.CC.CCNc1cc(OC)c(OC)cc1C(=O)O. The second-order valence-corrected chi connectivity index (χ2v) is 3.09. The van der Waals surface area contributed by atoms with Gasteiger partial charge in [-0.3, -0.25) is 0 Å². The van der Waals surface area contributed by atoms with Gasteiger partial charge in [0.2, 0.25) is 0 Å². The lowest BCUT2D eigenvalue weighted by atomic mass is 10.1. The van der Waals surface area contributed by atoms with E-state index in [0.717, 1.165) is 0 Å². The summed E-state index contributed by atoms with van der Waals surface area (Å²) in [6, 6.07) is 3.06. The number of hydrogen-bond acceptors (Lipinski definition) is 4. The van der Waals surface area contributed by atoms with Crippen molar-refractivity contribution in [1.29, 1.82) is 0 Å². The molecule has 0 aliphatic carbocycles. The number of carboxylic acid groups (broad SMARTS) is 1. The molecule has 5 nitrogen and oxygen atoms in total. The summed E-state index contributed by atoms with van der Waals surface area (Å²) in [6.45, 7) is 10.5. The van der Waals surface area contributed by atoms with Crippen LogP contribution in [0, 0.1) is 0 Å². The molecule has 0 heterocycles. The van der Waals surface area contributed by atoms with Crippen molar-refractivity contribution in [3.05, 3.63) is 17.7 Å². The largest absolute Gasteiger partial charge is 0.493 e. The van der Waals surface area contributed by atoms with Crippen molar-refractivity contribution in [2.75, 3.05) is 26.1 Å². The molecule has 0 radical (unpaired) electrons. The zero-order valence-electron chi connectivity index (χ0n) is 13.5. The van der Waals surface area contributed by atoms with E-state index < -0.39 is 5.97 Å². The molecule has 0 atom stereocenters. The molecule has 0 fully saturated rings. The van der Waals surface area contributed by atoms with Gasteiger partial charge in [-0.25, -0.2) is 4.79 Å². The van der Waals surface area contributed by atoms with Crippen molar-refractivity contribution in [1.82, 2.24) is 0 Å². The third-order valence-electron chi connectivity index (χ3n) is 2.12. The molecule has 0 saturated carbocycles. The van der Waals surface area contributed by atoms with E-state index in [1.54, 1.807) is 6.07 Å². The molecule has 0 bridgehead atoms. The van der Waals surface area contributed by atoms with Crippen LogP contribution in [0.4, 0.5) is 5.69 Å². The van der Waals surface area contributed by atoms with Crippen LogP contribution in [-0.4, -0.2) is 31.8 Å². The monoisotopic (exact) mass is 285 g/mol. The predicted molar refractivity (Wildman–Crippen MR) is 83.4 cm³/mol. The molecule has 0 aromatic heterocycles. The van der Waals surface area contributed by atoms with Gasteiger partial charge in [-0.1, -0.05) is 27.7 Å². The Kier molecular flexibility index (Phi) is 12.4. The maximum Gasteiger partial charge on any atom is 0.337 e. The average molecular weight is 285 g/mol. The van der Waals surface area contributed by atoms with Gasteiger partial charge in [-0.15, -0.1) is 0 Å². The van der Waals surface area contributed by atoms with Gasteiger partial charge in [0.25, 0.3) is 0 Å². The van der Waals surface area contributed by atoms with Crippen molar-refractivity contribution >= 4 is 11.7 Å². The summed E-state index contributed by atoms with van der Waals surface area (Å²) < 4.78 is 10.1. The summed E-state index contributed by atoms with van der Waals surface area (Å²) >= 11 is 0. The first kappa shape index (κ1) is 20.4. The van der Waals surface area contributed by atoms with E-state index in [9.17, 15) is 4.79 Å². The van der Waals surface area contributed by atoms with Crippen molar-refractivity contribution in [3.8, 4) is 11.5 Å². The van der Waals surface area contributed by atoms with Crippen molar-refractivity contribution in [3.63, 3.8) is 0 Å². The molecule has 0 spiro atoms.